The molecule has 0 saturated heterocycles. The number of nitrogens with zero attached hydrogens (tertiary/aromatic N) is 1. The summed E-state index contributed by atoms with van der Waals surface area (Å²) in [7, 11) is 1.45. The van der Waals surface area contributed by atoms with Gasteiger partial charge < -0.3 is 18.9 Å². The van der Waals surface area contributed by atoms with Gasteiger partial charge in [0.25, 0.3) is 0 Å². The van der Waals surface area contributed by atoms with Crippen LogP contribution in [0.4, 0.5) is 0 Å². The van der Waals surface area contributed by atoms with Gasteiger partial charge in [-0.15, -0.1) is 0 Å². The van der Waals surface area contributed by atoms with Gasteiger partial charge in [-0.3, -0.25) is 18.6 Å². The van der Waals surface area contributed by atoms with Crippen molar-refractivity contribution in [3.05, 3.63) is 207 Å². The molecule has 0 aliphatic heterocycles. The van der Waals surface area contributed by atoms with Gasteiger partial charge in [-0.25, -0.2) is 4.57 Å². The summed E-state index contributed by atoms with van der Waals surface area (Å²) in [4.78, 5) is 36.0. The van der Waals surface area contributed by atoms with Crippen LogP contribution in [0, 0.1) is 0 Å². The van der Waals surface area contributed by atoms with Gasteiger partial charge in [-0.1, -0.05) is 355 Å². The van der Waals surface area contributed by atoms with Gasteiger partial charge in [-0.2, -0.15) is 0 Å². The van der Waals surface area contributed by atoms with Crippen molar-refractivity contribution >= 4 is 19.8 Å². The number of carbonyl (C=O) groups excluding carboxylic acids is 2. The van der Waals surface area contributed by atoms with E-state index in [1.54, 1.807) is 0 Å². The minimum absolute atomic E-state index is 0.0199. The number of ether oxygens (including phenoxy) is 2. The maximum Gasteiger partial charge on any atom is 0.472 e. The van der Waals surface area contributed by atoms with Crippen LogP contribution in [0.15, 0.2) is 207 Å². The fourth-order valence-corrected chi connectivity index (χ4v) is 11.4. The number of unbranched alkanes of at least 4 members (excludes halogenated alkanes) is 25. The van der Waals surface area contributed by atoms with Gasteiger partial charge in [0.2, 0.25) is 0 Å². The maximum absolute atomic E-state index is 12.9. The van der Waals surface area contributed by atoms with Gasteiger partial charge in [0.1, 0.15) is 19.8 Å². The molecule has 0 spiro atoms. The second-order valence-electron chi connectivity index (χ2n) is 27.7. The quantitative estimate of drug-likeness (QED) is 0.0211. The first-order chi connectivity index (χ1) is 50.0. The molecule has 10 heteroatoms. The monoisotopic (exact) mass is 1430 g/mol. The van der Waals surface area contributed by atoms with E-state index in [9.17, 15) is 19.0 Å². The zero-order valence-electron chi connectivity index (χ0n) is 65.8. The zero-order chi connectivity index (χ0) is 74.0. The fraction of sp³-hybridized carbons (Fsp3) is 0.609. The number of phosphoric acid groups is 1. The molecule has 9 nitrogen and oxygen atoms in total. The molecule has 576 valence electrons. The Labute approximate surface area is 627 Å². The lowest BCUT2D eigenvalue weighted by Gasteiger charge is -2.24. The van der Waals surface area contributed by atoms with Crippen LogP contribution in [0.3, 0.4) is 0 Å². The van der Waals surface area contributed by atoms with E-state index in [0.717, 1.165) is 167 Å². The zero-order valence-corrected chi connectivity index (χ0v) is 66.7. The summed E-state index contributed by atoms with van der Waals surface area (Å²) >= 11 is 0. The molecule has 0 aromatic rings. The Kier molecular flexibility index (Phi) is 75.5. The molecule has 0 radical (unpaired) electrons. The highest BCUT2D eigenvalue weighted by atomic mass is 31.2. The fourth-order valence-electron chi connectivity index (χ4n) is 10.7. The first kappa shape index (κ1) is 96.6. The van der Waals surface area contributed by atoms with Crippen molar-refractivity contribution in [3.8, 4) is 0 Å². The average Bonchev–Trinajstić information content (AvgIpc) is 0.913. The first-order valence-electron chi connectivity index (χ1n) is 40.8. The molecule has 0 aliphatic carbocycles. The molecule has 0 rings (SSSR count). The second-order valence-corrected chi connectivity index (χ2v) is 29.1. The molecule has 102 heavy (non-hydrogen) atoms. The number of quaternary nitrogens is 1. The molecule has 0 bridgehead atoms. The number of esters is 2. The minimum Gasteiger partial charge on any atom is -0.462 e. The van der Waals surface area contributed by atoms with Crippen molar-refractivity contribution in [2.75, 3.05) is 47.5 Å². The standard InChI is InChI=1S/C92H150NO8P/c1-6-8-10-12-14-16-18-20-22-24-26-28-30-32-34-36-38-40-42-44-45-46-47-49-50-52-54-56-58-60-62-64-66-68-70-72-74-76-78-80-82-84-91(94)98-88-90(89-100-102(96,97)99-87-86-93(3,4)5)101-92(95)85-83-81-79-77-75-73-71-69-67-65-63-61-59-57-55-53-51-48-43-41-39-37-35-33-31-29-27-25-23-21-19-17-15-13-11-9-7-2/h8-11,14-17,20-23,26-29,32-35,38-41,44-45,48,51,55,57,61,63,67,69,90H,6-7,12-13,18-19,24-25,30-31,36-37,42-43,46-47,49-50,52-54,56,58-60,62,64-66,68,70-89H2,1-5H3/p+1/b10-8-,11-9-,16-14-,17-15-,22-20-,23-21-,28-26-,29-27-,34-32-,35-33-,40-38-,41-39-,45-44-,51-48-,57-55-,63-61-,69-67-. The number of allylic oxidation sites excluding steroid dienone is 34. The van der Waals surface area contributed by atoms with Crippen LogP contribution in [0.5, 0.6) is 0 Å². The third kappa shape index (κ3) is 83.5. The SMILES string of the molecule is CC/C=C\C/C=C\C/C=C\C/C=C\C/C=C\C/C=C\C/C=C\C/C=C\C/C=C\C/C=C\CCCCCCCCC(=O)OC(COC(=O)CCCCCCCCCCCCCCCCCCCCC/C=C\C/C=C\C/C=C\C/C=C\C/C=C\C/C=C\C/C=C\CC)COP(=O)(O)OCC[N+](C)(C)C. The summed E-state index contributed by atoms with van der Waals surface area (Å²) in [6.45, 7) is 4.19. The molecule has 0 aromatic heterocycles. The molecule has 0 heterocycles. The molecule has 0 aromatic carbocycles. The maximum atomic E-state index is 12.9. The Hall–Kier alpha value is -5.41. The van der Waals surface area contributed by atoms with Gasteiger partial charge in [0.05, 0.1) is 27.7 Å². The Balaban J connectivity index is 4.05. The number of rotatable bonds is 73. The summed E-state index contributed by atoms with van der Waals surface area (Å²) in [5.41, 5.74) is 0. The number of hydrogen-bond donors (Lipinski definition) is 1. The number of phosphoric ester groups is 1. The number of carbonyl (C=O) groups is 2. The third-order valence-electron chi connectivity index (χ3n) is 16.8. The molecule has 2 unspecified atom stereocenters. The lowest BCUT2D eigenvalue weighted by Crippen LogP contribution is -2.37. The third-order valence-corrected chi connectivity index (χ3v) is 17.8. The van der Waals surface area contributed by atoms with E-state index in [0.29, 0.717) is 17.4 Å². The van der Waals surface area contributed by atoms with Crippen molar-refractivity contribution < 1.29 is 42.1 Å². The van der Waals surface area contributed by atoms with Crippen LogP contribution in [0.1, 0.15) is 309 Å². The summed E-state index contributed by atoms with van der Waals surface area (Å²) in [5, 5.41) is 0. The number of likely N-dealkylation sites (N-methyl/N-ethyl adjacent to an activating group) is 1. The van der Waals surface area contributed by atoms with E-state index in [1.165, 1.54) is 109 Å². The molecular formula is C92H151NO8P+. The summed E-state index contributed by atoms with van der Waals surface area (Å²) in [6.07, 6.45) is 125. The minimum atomic E-state index is -4.41. The Morgan fingerprint density at radius 3 is 0.784 bits per heavy atom. The van der Waals surface area contributed by atoms with Crippen molar-refractivity contribution in [2.24, 2.45) is 0 Å². The second kappa shape index (κ2) is 79.7. The Bertz CT molecular complexity index is 2480. The Morgan fingerprint density at radius 2 is 0.529 bits per heavy atom. The highest BCUT2D eigenvalue weighted by Gasteiger charge is 2.27. The molecular weight excluding hydrogens is 1280 g/mol. The van der Waals surface area contributed by atoms with Crippen LogP contribution in [-0.4, -0.2) is 74.9 Å². The predicted molar refractivity (Wildman–Crippen MR) is 445 cm³/mol. The molecule has 0 saturated carbocycles. The van der Waals surface area contributed by atoms with Crippen molar-refractivity contribution in [1.29, 1.82) is 0 Å². The summed E-state index contributed by atoms with van der Waals surface area (Å²) in [5.74, 6) is -0.818. The van der Waals surface area contributed by atoms with Crippen molar-refractivity contribution in [1.82, 2.24) is 0 Å². The van der Waals surface area contributed by atoms with E-state index in [1.807, 2.05) is 21.1 Å². The molecule has 0 amide bonds. The largest absolute Gasteiger partial charge is 0.472 e. The molecule has 2 atom stereocenters. The van der Waals surface area contributed by atoms with Crippen molar-refractivity contribution in [2.45, 2.75) is 315 Å². The molecule has 0 fully saturated rings. The number of hydrogen-bond acceptors (Lipinski definition) is 7. The van der Waals surface area contributed by atoms with E-state index in [4.69, 9.17) is 18.5 Å². The molecule has 0 aliphatic rings. The van der Waals surface area contributed by atoms with E-state index in [-0.39, 0.29) is 32.0 Å². The van der Waals surface area contributed by atoms with Crippen LogP contribution in [-0.2, 0) is 32.7 Å². The van der Waals surface area contributed by atoms with E-state index in [2.05, 4.69) is 220 Å². The van der Waals surface area contributed by atoms with Crippen molar-refractivity contribution in [3.63, 3.8) is 0 Å². The van der Waals surface area contributed by atoms with Gasteiger partial charge in [0.15, 0.2) is 6.10 Å². The Morgan fingerprint density at radius 1 is 0.304 bits per heavy atom. The van der Waals surface area contributed by atoms with E-state index >= 15 is 0 Å². The average molecular weight is 1430 g/mol. The van der Waals surface area contributed by atoms with Crippen LogP contribution in [0.25, 0.3) is 0 Å². The summed E-state index contributed by atoms with van der Waals surface area (Å²) in [6, 6.07) is 0. The summed E-state index contributed by atoms with van der Waals surface area (Å²) < 4.78 is 34.8. The van der Waals surface area contributed by atoms with Crippen LogP contribution in [0.2, 0.25) is 0 Å². The predicted octanol–water partition coefficient (Wildman–Crippen LogP) is 27.7. The van der Waals surface area contributed by atoms with Gasteiger partial charge in [0, 0.05) is 12.8 Å². The molecule has 1 N–H and O–H groups in total. The van der Waals surface area contributed by atoms with Gasteiger partial charge >= 0.3 is 19.8 Å². The topological polar surface area (TPSA) is 108 Å². The lowest BCUT2D eigenvalue weighted by atomic mass is 10.0. The smallest absolute Gasteiger partial charge is 0.462 e. The van der Waals surface area contributed by atoms with Crippen LogP contribution < -0.4 is 0 Å². The van der Waals surface area contributed by atoms with Gasteiger partial charge in [-0.05, 0) is 148 Å². The normalized spacial score (nSPS) is 14.1. The lowest BCUT2D eigenvalue weighted by molar-refractivity contribution is -0.870. The first-order valence-corrected chi connectivity index (χ1v) is 42.3. The highest BCUT2D eigenvalue weighted by molar-refractivity contribution is 7.47. The van der Waals surface area contributed by atoms with E-state index < -0.39 is 26.5 Å². The van der Waals surface area contributed by atoms with Crippen LogP contribution >= 0.6 is 7.82 Å². The highest BCUT2D eigenvalue weighted by Crippen LogP contribution is 2.43.